The first-order valence-electron chi connectivity index (χ1n) is 4.62. The van der Waals surface area contributed by atoms with Crippen molar-refractivity contribution in [3.8, 4) is 0 Å². The van der Waals surface area contributed by atoms with Crippen LogP contribution in [0.3, 0.4) is 0 Å². The topological polar surface area (TPSA) is 138 Å². The van der Waals surface area contributed by atoms with Crippen LogP contribution in [0.2, 0.25) is 0 Å². The van der Waals surface area contributed by atoms with Crippen LogP contribution in [0.1, 0.15) is 22.1 Å². The SMILES string of the molecule is COC.O=C(O)c1cc(C(=O)O)cc(S(=O)(=O)O)c1.[H-].[Na+]. The molecule has 20 heavy (non-hydrogen) atoms. The van der Waals surface area contributed by atoms with Gasteiger partial charge in [-0.3, -0.25) is 4.55 Å². The number of carbonyl (C=O) groups is 2. The zero-order valence-electron chi connectivity index (χ0n) is 12.0. The zero-order chi connectivity index (χ0) is 15.2. The normalized spacial score (nSPS) is 9.75. The molecule has 0 aliphatic carbocycles. The first-order valence-corrected chi connectivity index (χ1v) is 6.06. The van der Waals surface area contributed by atoms with Gasteiger partial charge in [-0.15, -0.1) is 0 Å². The van der Waals surface area contributed by atoms with E-state index in [0.717, 1.165) is 6.07 Å². The number of benzene rings is 1. The fourth-order valence-electron chi connectivity index (χ4n) is 0.995. The van der Waals surface area contributed by atoms with Gasteiger partial charge in [0.2, 0.25) is 0 Å². The molecule has 0 saturated heterocycles. The first-order chi connectivity index (χ1) is 8.63. The van der Waals surface area contributed by atoms with Gasteiger partial charge in [-0.05, 0) is 18.2 Å². The third kappa shape index (κ3) is 6.98. The summed E-state index contributed by atoms with van der Waals surface area (Å²) in [7, 11) is -1.39. The minimum atomic E-state index is -4.64. The fourth-order valence-corrected chi connectivity index (χ4v) is 1.55. The van der Waals surface area contributed by atoms with Crippen LogP contribution < -0.4 is 29.6 Å². The van der Waals surface area contributed by atoms with E-state index in [1.165, 1.54) is 0 Å². The largest absolute Gasteiger partial charge is 1.00 e. The van der Waals surface area contributed by atoms with Crippen LogP contribution in [-0.4, -0.2) is 49.3 Å². The van der Waals surface area contributed by atoms with Crippen molar-refractivity contribution in [1.82, 2.24) is 0 Å². The molecule has 1 rings (SSSR count). The van der Waals surface area contributed by atoms with Crippen molar-refractivity contribution in [3.05, 3.63) is 29.3 Å². The zero-order valence-corrected chi connectivity index (χ0v) is 13.8. The summed E-state index contributed by atoms with van der Waals surface area (Å²) >= 11 is 0. The van der Waals surface area contributed by atoms with Gasteiger partial charge in [0, 0.05) is 14.2 Å². The Kier molecular flexibility index (Phi) is 9.66. The predicted octanol–water partition coefficient (Wildman–Crippen LogP) is -2.29. The van der Waals surface area contributed by atoms with E-state index in [-0.39, 0.29) is 31.0 Å². The Morgan fingerprint density at radius 2 is 1.35 bits per heavy atom. The summed E-state index contributed by atoms with van der Waals surface area (Å²) in [5, 5.41) is 17.2. The van der Waals surface area contributed by atoms with E-state index in [2.05, 4.69) is 4.74 Å². The summed E-state index contributed by atoms with van der Waals surface area (Å²) in [6, 6.07) is 2.13. The molecule has 0 fully saturated rings. The van der Waals surface area contributed by atoms with Crippen molar-refractivity contribution >= 4 is 22.1 Å². The van der Waals surface area contributed by atoms with Gasteiger partial charge < -0.3 is 16.4 Å². The molecule has 1 aromatic carbocycles. The number of carboxylic acids is 2. The number of carboxylic acid groups (broad SMARTS) is 2. The van der Waals surface area contributed by atoms with Crippen LogP contribution in [0, 0.1) is 0 Å². The number of aromatic carboxylic acids is 2. The quantitative estimate of drug-likeness (QED) is 0.418. The van der Waals surface area contributed by atoms with Crippen molar-refractivity contribution in [2.24, 2.45) is 0 Å². The van der Waals surface area contributed by atoms with Crippen LogP contribution >= 0.6 is 0 Å². The third-order valence-corrected chi connectivity index (χ3v) is 2.53. The second kappa shape index (κ2) is 9.06. The Bertz CT molecular complexity index is 554. The summed E-state index contributed by atoms with van der Waals surface area (Å²) in [4.78, 5) is 20.4. The van der Waals surface area contributed by atoms with Gasteiger partial charge >= 0.3 is 41.5 Å². The molecule has 108 valence electrons. The average Bonchev–Trinajstić information content (AvgIpc) is 2.28. The first kappa shape index (κ1) is 21.3. The van der Waals surface area contributed by atoms with E-state index in [4.69, 9.17) is 14.8 Å². The van der Waals surface area contributed by atoms with Crippen molar-refractivity contribution in [1.29, 1.82) is 0 Å². The minimum absolute atomic E-state index is 0. The minimum Gasteiger partial charge on any atom is -1.00 e. The van der Waals surface area contributed by atoms with Crippen molar-refractivity contribution in [2.45, 2.75) is 4.90 Å². The molecule has 0 unspecified atom stereocenters. The molecule has 0 heterocycles. The van der Waals surface area contributed by atoms with E-state index in [1.54, 1.807) is 14.2 Å². The maximum Gasteiger partial charge on any atom is 1.00 e. The molecule has 1 aromatic rings. The maximum atomic E-state index is 10.8. The summed E-state index contributed by atoms with van der Waals surface area (Å²) in [6.45, 7) is 0. The van der Waals surface area contributed by atoms with Gasteiger partial charge in [-0.1, -0.05) is 0 Å². The number of ether oxygens (including phenoxy) is 1. The smallest absolute Gasteiger partial charge is 1.00 e. The van der Waals surface area contributed by atoms with E-state index < -0.39 is 38.1 Å². The summed E-state index contributed by atoms with van der Waals surface area (Å²) in [5.74, 6) is -2.99. The summed E-state index contributed by atoms with van der Waals surface area (Å²) in [5.41, 5.74) is -1.07. The van der Waals surface area contributed by atoms with Gasteiger partial charge in [0.15, 0.2) is 0 Å². The maximum absolute atomic E-state index is 10.8. The molecule has 8 nitrogen and oxygen atoms in total. The van der Waals surface area contributed by atoms with Gasteiger partial charge in [0.05, 0.1) is 16.0 Å². The third-order valence-electron chi connectivity index (χ3n) is 1.70. The Hall–Kier alpha value is -0.970. The molecule has 0 aliphatic heterocycles. The van der Waals surface area contributed by atoms with E-state index in [9.17, 15) is 18.0 Å². The van der Waals surface area contributed by atoms with Crippen LogP contribution in [0.5, 0.6) is 0 Å². The van der Waals surface area contributed by atoms with Gasteiger partial charge in [-0.25, -0.2) is 9.59 Å². The van der Waals surface area contributed by atoms with E-state index >= 15 is 0 Å². The summed E-state index contributed by atoms with van der Waals surface area (Å²) in [6.07, 6.45) is 0. The molecule has 0 spiro atoms. The predicted molar refractivity (Wildman–Crippen MR) is 64.2 cm³/mol. The Morgan fingerprint density at radius 3 is 1.55 bits per heavy atom. The number of hydrogen-bond acceptors (Lipinski definition) is 5. The van der Waals surface area contributed by atoms with Crippen molar-refractivity contribution in [2.75, 3.05) is 14.2 Å². The number of methoxy groups -OCH3 is 1. The monoisotopic (exact) mass is 316 g/mol. The van der Waals surface area contributed by atoms with Crippen molar-refractivity contribution < 1.29 is 68.5 Å². The standard InChI is InChI=1S/C8H6O7S.C2H6O.Na.H/c9-7(10)4-1-5(8(11)12)3-6(2-4)16(13,14)15;1-3-2;;/h1-3H,(H,9,10)(H,11,12)(H,13,14,15);1-2H3;;/q;;+1;-1. The Morgan fingerprint density at radius 1 is 1.05 bits per heavy atom. The fraction of sp³-hybridized carbons (Fsp3) is 0.200. The average molecular weight is 316 g/mol. The van der Waals surface area contributed by atoms with Gasteiger partial charge in [0.1, 0.15) is 0 Å². The molecular formula is C10H13NaO8S. The molecular weight excluding hydrogens is 303 g/mol. The molecule has 10 heteroatoms. The molecule has 0 aliphatic rings. The second-order valence-electron chi connectivity index (χ2n) is 3.24. The number of rotatable bonds is 3. The van der Waals surface area contributed by atoms with Crippen LogP contribution in [-0.2, 0) is 14.9 Å². The second-order valence-corrected chi connectivity index (χ2v) is 4.66. The Balaban J connectivity index is -0.000000596. The molecule has 0 radical (unpaired) electrons. The molecule has 0 aromatic heterocycles. The molecule has 0 amide bonds. The number of hydrogen-bond donors (Lipinski definition) is 3. The van der Waals surface area contributed by atoms with Crippen LogP contribution in [0.25, 0.3) is 0 Å². The van der Waals surface area contributed by atoms with Gasteiger partial charge in [-0.2, -0.15) is 8.42 Å². The Labute approximate surface area is 138 Å². The molecule has 0 atom stereocenters. The van der Waals surface area contributed by atoms with Crippen LogP contribution in [0.15, 0.2) is 23.1 Å². The molecule has 0 bridgehead atoms. The van der Waals surface area contributed by atoms with E-state index in [1.807, 2.05) is 0 Å². The van der Waals surface area contributed by atoms with E-state index in [0.29, 0.717) is 12.1 Å². The molecule has 3 N–H and O–H groups in total. The molecule has 0 saturated carbocycles. The van der Waals surface area contributed by atoms with Crippen molar-refractivity contribution in [3.63, 3.8) is 0 Å². The van der Waals surface area contributed by atoms with Crippen LogP contribution in [0.4, 0.5) is 0 Å². The summed E-state index contributed by atoms with van der Waals surface area (Å²) < 4.78 is 34.4. The van der Waals surface area contributed by atoms with Gasteiger partial charge in [0.25, 0.3) is 10.1 Å².